The molecule has 1 aromatic heterocycles. The Morgan fingerprint density at radius 2 is 2.50 bits per heavy atom. The average Bonchev–Trinajstić information content (AvgIpc) is 2.01. The fourth-order valence-electron chi connectivity index (χ4n) is 0.829. The van der Waals surface area contributed by atoms with Crippen LogP contribution in [0.25, 0.3) is 0 Å². The van der Waals surface area contributed by atoms with Gasteiger partial charge in [-0.15, -0.1) is 0 Å². The van der Waals surface area contributed by atoms with Crippen molar-refractivity contribution in [3.63, 3.8) is 0 Å². The molecule has 1 heterocycles. The first-order chi connectivity index (χ1) is 5.68. The third-order valence-corrected chi connectivity index (χ3v) is 2.10. The van der Waals surface area contributed by atoms with Crippen LogP contribution in [0.1, 0.15) is 11.3 Å². The number of aromatic nitrogens is 1. The van der Waals surface area contributed by atoms with Crippen LogP contribution >= 0.6 is 11.8 Å². The summed E-state index contributed by atoms with van der Waals surface area (Å²) in [6.07, 6.45) is 1.77. The molecule has 0 unspecified atom stereocenters. The van der Waals surface area contributed by atoms with Gasteiger partial charge in [0.25, 0.3) is 0 Å². The van der Waals surface area contributed by atoms with Crippen molar-refractivity contribution in [3.8, 4) is 0 Å². The summed E-state index contributed by atoms with van der Waals surface area (Å²) >= 11 is 1.29. The average molecular weight is 181 g/mol. The van der Waals surface area contributed by atoms with Crippen molar-refractivity contribution < 1.29 is 0 Å². The third-order valence-electron chi connectivity index (χ3n) is 1.35. The van der Waals surface area contributed by atoms with E-state index in [4.69, 9.17) is 11.1 Å². The Labute approximate surface area is 75.9 Å². The number of nitrogens with one attached hydrogen (secondary N) is 1. The number of thioether (sulfide) groups is 1. The van der Waals surface area contributed by atoms with Crippen LogP contribution in [0, 0.1) is 12.3 Å². The second-order valence-corrected chi connectivity index (χ2v) is 3.49. The molecule has 3 nitrogen and oxygen atoms in total. The van der Waals surface area contributed by atoms with Gasteiger partial charge in [-0.25, -0.2) is 0 Å². The first-order valence-electron chi connectivity index (χ1n) is 3.57. The van der Waals surface area contributed by atoms with Crippen LogP contribution in [0.3, 0.4) is 0 Å². The normalized spacial score (nSPS) is 9.75. The highest BCUT2D eigenvalue weighted by molar-refractivity contribution is 8.13. The second kappa shape index (κ2) is 4.11. The van der Waals surface area contributed by atoms with Crippen molar-refractivity contribution in [1.29, 1.82) is 5.41 Å². The Morgan fingerprint density at radius 3 is 3.08 bits per heavy atom. The largest absolute Gasteiger partial charge is 0.379 e. The minimum Gasteiger partial charge on any atom is -0.379 e. The molecule has 0 amide bonds. The number of amidine groups is 1. The quantitative estimate of drug-likeness (QED) is 0.537. The van der Waals surface area contributed by atoms with Gasteiger partial charge in [-0.05, 0) is 24.6 Å². The molecular formula is C8H11N3S. The number of hydrogen-bond donors (Lipinski definition) is 2. The van der Waals surface area contributed by atoms with Crippen LogP contribution in [0.4, 0.5) is 0 Å². The molecule has 1 rings (SSSR count). The van der Waals surface area contributed by atoms with E-state index >= 15 is 0 Å². The van der Waals surface area contributed by atoms with Gasteiger partial charge in [0, 0.05) is 11.9 Å². The van der Waals surface area contributed by atoms with Crippen molar-refractivity contribution in [3.05, 3.63) is 29.6 Å². The van der Waals surface area contributed by atoms with Crippen molar-refractivity contribution in [2.24, 2.45) is 5.73 Å². The SMILES string of the molecule is Cc1ccnc(CSC(=N)N)c1. The highest BCUT2D eigenvalue weighted by Gasteiger charge is 1.96. The maximum Gasteiger partial charge on any atom is 0.151 e. The van der Waals surface area contributed by atoms with E-state index in [2.05, 4.69) is 4.98 Å². The van der Waals surface area contributed by atoms with Gasteiger partial charge in [0.2, 0.25) is 0 Å². The number of nitrogens with two attached hydrogens (primary N) is 1. The third kappa shape index (κ3) is 2.92. The van der Waals surface area contributed by atoms with E-state index in [0.717, 1.165) is 5.69 Å². The predicted molar refractivity (Wildman–Crippen MR) is 52.2 cm³/mol. The molecule has 0 aromatic carbocycles. The zero-order valence-corrected chi connectivity index (χ0v) is 7.69. The molecule has 0 atom stereocenters. The predicted octanol–water partition coefficient (Wildman–Crippen LogP) is 1.52. The van der Waals surface area contributed by atoms with Crippen LogP contribution in [0.2, 0.25) is 0 Å². The smallest absolute Gasteiger partial charge is 0.151 e. The van der Waals surface area contributed by atoms with Crippen LogP contribution < -0.4 is 5.73 Å². The Kier molecular flexibility index (Phi) is 3.10. The van der Waals surface area contributed by atoms with Gasteiger partial charge >= 0.3 is 0 Å². The lowest BCUT2D eigenvalue weighted by molar-refractivity contribution is 1.16. The topological polar surface area (TPSA) is 62.8 Å². The number of pyridine rings is 1. The van der Waals surface area contributed by atoms with Gasteiger partial charge in [0.05, 0.1) is 5.69 Å². The standard InChI is InChI=1S/C8H11N3S/c1-6-2-3-11-7(4-6)5-12-8(9)10/h2-4H,5H2,1H3,(H3,9,10). The van der Waals surface area contributed by atoms with Gasteiger partial charge in [-0.1, -0.05) is 11.8 Å². The molecule has 0 fully saturated rings. The number of nitrogens with zero attached hydrogens (tertiary/aromatic N) is 1. The molecule has 64 valence electrons. The van der Waals surface area contributed by atoms with Gasteiger partial charge < -0.3 is 5.73 Å². The summed E-state index contributed by atoms with van der Waals surface area (Å²) in [5.41, 5.74) is 7.35. The summed E-state index contributed by atoms with van der Waals surface area (Å²) in [5, 5.41) is 7.15. The molecule has 0 bridgehead atoms. The molecule has 0 spiro atoms. The molecule has 3 N–H and O–H groups in total. The van der Waals surface area contributed by atoms with Crippen LogP contribution in [0.5, 0.6) is 0 Å². The monoisotopic (exact) mass is 181 g/mol. The van der Waals surface area contributed by atoms with Crippen molar-refractivity contribution in [1.82, 2.24) is 4.98 Å². The fourth-order valence-corrected chi connectivity index (χ4v) is 1.29. The maximum absolute atomic E-state index is 7.01. The maximum atomic E-state index is 7.01. The van der Waals surface area contributed by atoms with E-state index in [0.29, 0.717) is 5.75 Å². The summed E-state index contributed by atoms with van der Waals surface area (Å²) < 4.78 is 0. The highest BCUT2D eigenvalue weighted by atomic mass is 32.2. The zero-order chi connectivity index (χ0) is 8.97. The van der Waals surface area contributed by atoms with Crippen molar-refractivity contribution in [2.45, 2.75) is 12.7 Å². The lowest BCUT2D eigenvalue weighted by atomic mass is 10.3. The van der Waals surface area contributed by atoms with Crippen LogP contribution in [0.15, 0.2) is 18.3 Å². The molecule has 12 heavy (non-hydrogen) atoms. The summed E-state index contributed by atoms with van der Waals surface area (Å²) in [6.45, 7) is 2.02. The Bertz CT molecular complexity index is 285. The zero-order valence-electron chi connectivity index (χ0n) is 6.87. The van der Waals surface area contributed by atoms with E-state index in [1.807, 2.05) is 19.1 Å². The first kappa shape index (κ1) is 9.06. The highest BCUT2D eigenvalue weighted by Crippen LogP contribution is 2.09. The van der Waals surface area contributed by atoms with E-state index in [1.165, 1.54) is 17.3 Å². The Morgan fingerprint density at radius 1 is 1.75 bits per heavy atom. The van der Waals surface area contributed by atoms with E-state index < -0.39 is 0 Å². The van der Waals surface area contributed by atoms with Gasteiger partial charge in [0.15, 0.2) is 5.17 Å². The molecule has 0 saturated carbocycles. The van der Waals surface area contributed by atoms with E-state index in [-0.39, 0.29) is 5.17 Å². The molecule has 0 saturated heterocycles. The molecular weight excluding hydrogens is 170 g/mol. The van der Waals surface area contributed by atoms with Gasteiger partial charge in [0.1, 0.15) is 0 Å². The number of hydrogen-bond acceptors (Lipinski definition) is 3. The van der Waals surface area contributed by atoms with Crippen LogP contribution in [-0.2, 0) is 5.75 Å². The lowest BCUT2D eigenvalue weighted by Crippen LogP contribution is -2.04. The summed E-state index contributed by atoms with van der Waals surface area (Å²) in [5.74, 6) is 0.678. The molecule has 0 radical (unpaired) electrons. The van der Waals surface area contributed by atoms with Crippen molar-refractivity contribution >= 4 is 16.9 Å². The molecule has 1 aromatic rings. The number of aryl methyl sites for hydroxylation is 1. The Hall–Kier alpha value is -1.03. The minimum absolute atomic E-state index is 0.137. The van der Waals surface area contributed by atoms with Gasteiger partial charge in [-0.2, -0.15) is 0 Å². The first-order valence-corrected chi connectivity index (χ1v) is 4.55. The van der Waals surface area contributed by atoms with E-state index in [1.54, 1.807) is 6.20 Å². The second-order valence-electron chi connectivity index (χ2n) is 2.48. The van der Waals surface area contributed by atoms with Crippen molar-refractivity contribution in [2.75, 3.05) is 0 Å². The van der Waals surface area contributed by atoms with Crippen LogP contribution in [-0.4, -0.2) is 10.2 Å². The van der Waals surface area contributed by atoms with E-state index in [9.17, 15) is 0 Å². The number of rotatable bonds is 2. The Balaban J connectivity index is 2.57. The lowest BCUT2D eigenvalue weighted by Gasteiger charge is -1.99. The molecule has 4 heteroatoms. The minimum atomic E-state index is 0.137. The molecule has 0 aliphatic rings. The summed E-state index contributed by atoms with van der Waals surface area (Å²) in [4.78, 5) is 4.14. The van der Waals surface area contributed by atoms with Gasteiger partial charge in [-0.3, -0.25) is 10.4 Å². The molecule has 0 aliphatic heterocycles. The summed E-state index contributed by atoms with van der Waals surface area (Å²) in [7, 11) is 0. The fraction of sp³-hybridized carbons (Fsp3) is 0.250. The molecule has 0 aliphatic carbocycles. The summed E-state index contributed by atoms with van der Waals surface area (Å²) in [6, 6.07) is 3.94.